The number of carbonyl (C=O) groups is 2. The number of hydrogen-bond donors (Lipinski definition) is 4. The number of rotatable bonds is 11. The van der Waals surface area contributed by atoms with Crippen molar-refractivity contribution in [2.75, 3.05) is 31.6 Å². The first-order valence-corrected chi connectivity index (χ1v) is 14.2. The van der Waals surface area contributed by atoms with Crippen LogP contribution >= 0.6 is 11.6 Å². The summed E-state index contributed by atoms with van der Waals surface area (Å²) >= 11 is 6.07. The summed E-state index contributed by atoms with van der Waals surface area (Å²) in [6.07, 6.45) is -3.06. The monoisotopic (exact) mass is 637 g/mol. The first-order valence-electron chi connectivity index (χ1n) is 13.8. The molecule has 44 heavy (non-hydrogen) atoms. The van der Waals surface area contributed by atoms with E-state index in [1.807, 2.05) is 30.3 Å². The molecule has 1 fully saturated rings. The molecule has 2 aromatic carbocycles. The number of aromatic nitrogens is 1. The molecule has 0 bridgehead atoms. The molecule has 1 aromatic heterocycles. The van der Waals surface area contributed by atoms with Crippen molar-refractivity contribution >= 4 is 29.3 Å². The first kappa shape index (κ1) is 33.1. The molecule has 14 heteroatoms. The van der Waals surface area contributed by atoms with E-state index in [1.165, 1.54) is 6.20 Å². The van der Waals surface area contributed by atoms with Crippen LogP contribution in [0, 0.1) is 5.82 Å². The fourth-order valence-corrected chi connectivity index (χ4v) is 4.92. The highest BCUT2D eigenvalue weighted by Gasteiger charge is 2.30. The highest BCUT2D eigenvalue weighted by atomic mass is 35.5. The Morgan fingerprint density at radius 3 is 2.48 bits per heavy atom. The van der Waals surface area contributed by atoms with Gasteiger partial charge < -0.3 is 31.2 Å². The van der Waals surface area contributed by atoms with Crippen LogP contribution in [-0.4, -0.2) is 67.7 Å². The second kappa shape index (κ2) is 15.3. The molecular weight excluding hydrogens is 606 g/mol. The predicted molar refractivity (Wildman–Crippen MR) is 156 cm³/mol. The van der Waals surface area contributed by atoms with Crippen LogP contribution in [0.1, 0.15) is 29.0 Å². The number of morpholine rings is 1. The summed E-state index contributed by atoms with van der Waals surface area (Å²) in [4.78, 5) is 28.8. The number of benzene rings is 2. The van der Waals surface area contributed by atoms with Gasteiger partial charge >= 0.3 is 12.3 Å². The van der Waals surface area contributed by atoms with Gasteiger partial charge in [0.25, 0.3) is 0 Å². The molecule has 5 N–H and O–H groups in total. The number of ether oxygens (including phenoxy) is 2. The van der Waals surface area contributed by atoms with E-state index in [4.69, 9.17) is 26.8 Å². The number of pyridine rings is 1. The number of hydrogen-bond acceptors (Lipinski definition) is 7. The van der Waals surface area contributed by atoms with Crippen molar-refractivity contribution in [3.8, 4) is 0 Å². The number of nitrogens with zero attached hydrogens (tertiary/aromatic N) is 1. The molecule has 4 rings (SSSR count). The molecule has 1 aliphatic heterocycles. The molecule has 2 amide bonds. The van der Waals surface area contributed by atoms with Crippen LogP contribution in [0.15, 0.2) is 67.0 Å². The predicted octanol–water partition coefficient (Wildman–Crippen LogP) is 4.55. The van der Waals surface area contributed by atoms with Gasteiger partial charge in [-0.3, -0.25) is 9.78 Å². The average Bonchev–Trinajstić information content (AvgIpc) is 3.00. The van der Waals surface area contributed by atoms with E-state index < -0.39 is 48.5 Å². The van der Waals surface area contributed by atoms with Crippen molar-refractivity contribution in [2.45, 2.75) is 43.1 Å². The molecule has 236 valence electrons. The fraction of sp³-hybridized carbons (Fsp3) is 0.367. The lowest BCUT2D eigenvalue weighted by molar-refractivity contribution is -0.124. The second-order valence-corrected chi connectivity index (χ2v) is 10.7. The molecule has 1 aliphatic rings. The van der Waals surface area contributed by atoms with Gasteiger partial charge in [0.05, 0.1) is 42.9 Å². The topological polar surface area (TPSA) is 128 Å². The summed E-state index contributed by atoms with van der Waals surface area (Å²) in [6.45, 7) is -1.22. The Bertz CT molecular complexity index is 1390. The Kier molecular flexibility index (Phi) is 11.5. The van der Waals surface area contributed by atoms with E-state index >= 15 is 0 Å². The highest BCUT2D eigenvalue weighted by molar-refractivity contribution is 6.30. The Morgan fingerprint density at radius 2 is 1.82 bits per heavy atom. The smallest absolute Gasteiger partial charge is 0.407 e. The maximum Gasteiger partial charge on any atom is 0.407 e. The number of carbonyl (C=O) groups excluding carboxylic acids is 2. The fourth-order valence-electron chi connectivity index (χ4n) is 4.79. The lowest BCUT2D eigenvalue weighted by Crippen LogP contribution is -2.49. The summed E-state index contributed by atoms with van der Waals surface area (Å²) < 4.78 is 62.1. The van der Waals surface area contributed by atoms with Crippen LogP contribution in [0.2, 0.25) is 5.02 Å². The normalized spacial score (nSPS) is 18.2. The minimum absolute atomic E-state index is 0.125. The van der Waals surface area contributed by atoms with Gasteiger partial charge in [0.15, 0.2) is 0 Å². The summed E-state index contributed by atoms with van der Waals surface area (Å²) in [6, 6.07) is 14.9. The molecule has 2 heterocycles. The van der Waals surface area contributed by atoms with Crippen LogP contribution in [0.5, 0.6) is 0 Å². The largest absolute Gasteiger partial charge is 0.448 e. The van der Waals surface area contributed by atoms with Crippen LogP contribution in [0.3, 0.4) is 0 Å². The van der Waals surface area contributed by atoms with E-state index in [-0.39, 0.29) is 37.0 Å². The molecule has 4 unspecified atom stereocenters. The highest BCUT2D eigenvalue weighted by Crippen LogP contribution is 2.30. The Labute approximate surface area is 256 Å². The number of anilines is 1. The Balaban J connectivity index is 1.34. The van der Waals surface area contributed by atoms with Gasteiger partial charge in [-0.25, -0.2) is 9.18 Å². The van der Waals surface area contributed by atoms with Crippen molar-refractivity contribution in [1.29, 1.82) is 0 Å². The van der Waals surface area contributed by atoms with Crippen LogP contribution < -0.4 is 21.7 Å². The minimum atomic E-state index is -4.54. The van der Waals surface area contributed by atoms with Crippen molar-refractivity contribution in [3.63, 3.8) is 0 Å². The summed E-state index contributed by atoms with van der Waals surface area (Å²) in [5.74, 6) is -1.64. The van der Waals surface area contributed by atoms with Gasteiger partial charge in [-0.2, -0.15) is 13.2 Å². The number of nitrogens with two attached hydrogens (primary N) is 1. The van der Waals surface area contributed by atoms with Crippen LogP contribution in [0.25, 0.3) is 0 Å². The SMILES string of the molecule is NC(C(=O)Nc1cncc(F)c1CCC1CNC(COC(=O)NCC(F)(F)F)CO1)C(c1ccccc1)c1ccc(Cl)cc1. The molecule has 0 aliphatic carbocycles. The molecule has 0 spiro atoms. The van der Waals surface area contributed by atoms with Crippen molar-refractivity contribution in [3.05, 3.63) is 94.5 Å². The number of halogens is 5. The lowest BCUT2D eigenvalue weighted by atomic mass is 9.85. The van der Waals surface area contributed by atoms with Crippen molar-refractivity contribution in [2.24, 2.45) is 5.73 Å². The van der Waals surface area contributed by atoms with Crippen LogP contribution in [0.4, 0.5) is 28.0 Å². The molecular formula is C30H32ClF4N5O4. The molecule has 0 saturated carbocycles. The summed E-state index contributed by atoms with van der Waals surface area (Å²) in [7, 11) is 0. The van der Waals surface area contributed by atoms with E-state index in [9.17, 15) is 27.2 Å². The maximum atomic E-state index is 14.9. The third-order valence-corrected chi connectivity index (χ3v) is 7.30. The first-order chi connectivity index (χ1) is 21.0. The molecule has 9 nitrogen and oxygen atoms in total. The number of nitrogens with one attached hydrogen (secondary N) is 3. The lowest BCUT2D eigenvalue weighted by Gasteiger charge is -2.30. The zero-order valence-electron chi connectivity index (χ0n) is 23.5. The van der Waals surface area contributed by atoms with E-state index in [0.29, 0.717) is 18.0 Å². The number of alkyl carbamates (subject to hydrolysis) is 1. The Morgan fingerprint density at radius 1 is 1.11 bits per heavy atom. The van der Waals surface area contributed by atoms with Crippen molar-refractivity contribution < 1.29 is 36.6 Å². The van der Waals surface area contributed by atoms with E-state index in [0.717, 1.165) is 17.3 Å². The van der Waals surface area contributed by atoms with Crippen LogP contribution in [-0.2, 0) is 20.7 Å². The summed E-state index contributed by atoms with van der Waals surface area (Å²) in [5, 5.41) is 8.02. The molecule has 3 aromatic rings. The van der Waals surface area contributed by atoms with Gasteiger partial charge in [0, 0.05) is 23.0 Å². The summed E-state index contributed by atoms with van der Waals surface area (Å²) in [5.41, 5.74) is 8.54. The zero-order chi connectivity index (χ0) is 31.7. The van der Waals surface area contributed by atoms with Gasteiger partial charge in [0.1, 0.15) is 19.0 Å². The molecule has 4 atom stereocenters. The maximum absolute atomic E-state index is 14.9. The van der Waals surface area contributed by atoms with Gasteiger partial charge in [-0.05, 0) is 36.1 Å². The average molecular weight is 638 g/mol. The minimum Gasteiger partial charge on any atom is -0.448 e. The molecule has 0 radical (unpaired) electrons. The third kappa shape index (κ3) is 9.61. The third-order valence-electron chi connectivity index (χ3n) is 7.04. The number of alkyl halides is 3. The van der Waals surface area contributed by atoms with Gasteiger partial charge in [0.2, 0.25) is 5.91 Å². The Hall–Kier alpha value is -3.78. The number of amides is 2. The zero-order valence-corrected chi connectivity index (χ0v) is 24.2. The van der Waals surface area contributed by atoms with Gasteiger partial charge in [-0.1, -0.05) is 54.1 Å². The van der Waals surface area contributed by atoms with Crippen molar-refractivity contribution in [1.82, 2.24) is 15.6 Å². The molecule has 1 saturated heterocycles. The second-order valence-electron chi connectivity index (χ2n) is 10.3. The van der Waals surface area contributed by atoms with Gasteiger partial charge in [-0.15, -0.1) is 0 Å². The van der Waals surface area contributed by atoms with E-state index in [2.05, 4.69) is 15.6 Å². The van der Waals surface area contributed by atoms with E-state index in [1.54, 1.807) is 29.6 Å². The standard InChI is InChI=1S/C30H32ClF4N5O4/c31-20-8-6-19(7-9-20)26(18-4-2-1-3-5-18)27(36)28(41)40-25-14-37-13-24(32)23(25)11-10-22-12-38-21(15-43-22)16-44-29(42)39-17-30(33,34)35/h1-9,13-14,21-22,26-27,38H,10-12,15-17,36H2,(H,39,42)(H,40,41). The quantitative estimate of drug-likeness (QED) is 0.227.